The number of carbonyl (C=O) groups is 1. The Balaban J connectivity index is 1.89. The van der Waals surface area contributed by atoms with Gasteiger partial charge in [-0.3, -0.25) is 4.79 Å². The van der Waals surface area contributed by atoms with Gasteiger partial charge in [-0.15, -0.1) is 10.2 Å². The molecule has 6 nitrogen and oxygen atoms in total. The molecule has 0 saturated heterocycles. The minimum atomic E-state index is -4.49. The Morgan fingerprint density at radius 2 is 1.75 bits per heavy atom. The van der Waals surface area contributed by atoms with Crippen LogP contribution >= 0.6 is 0 Å². The smallest absolute Gasteiger partial charge is 0.422 e. The quantitative estimate of drug-likeness (QED) is 0.782. The van der Waals surface area contributed by atoms with Crippen molar-refractivity contribution in [1.82, 2.24) is 15.5 Å². The molecule has 0 radical (unpaired) electrons. The normalized spacial score (nSPS) is 13.1. The molecule has 152 valence electrons. The largest absolute Gasteiger partial charge is 0.467 e. The maximum Gasteiger partial charge on any atom is 0.422 e. The lowest BCUT2D eigenvalue weighted by molar-refractivity contribution is -0.154. The zero-order valence-corrected chi connectivity index (χ0v) is 15.7. The average Bonchev–Trinajstić information content (AvgIpc) is 2.63. The van der Waals surface area contributed by atoms with Crippen LogP contribution in [0.4, 0.5) is 13.2 Å². The number of carbonyl (C=O) groups excluding carboxylic acids is 1. The summed E-state index contributed by atoms with van der Waals surface area (Å²) in [6, 6.07) is 9.75. The number of hydrogen-bond donors (Lipinski definition) is 2. The number of amides is 1. The predicted molar refractivity (Wildman–Crippen MR) is 96.0 cm³/mol. The fourth-order valence-corrected chi connectivity index (χ4v) is 2.28. The summed E-state index contributed by atoms with van der Waals surface area (Å²) in [7, 11) is 0. The number of ether oxygens (including phenoxy) is 1. The Bertz CT molecular complexity index is 785. The summed E-state index contributed by atoms with van der Waals surface area (Å²) >= 11 is 0. The molecule has 1 heterocycles. The molecule has 0 bridgehead atoms. The van der Waals surface area contributed by atoms with E-state index in [9.17, 15) is 23.1 Å². The zero-order chi connectivity index (χ0) is 20.9. The predicted octanol–water partition coefficient (Wildman–Crippen LogP) is 3.18. The van der Waals surface area contributed by atoms with E-state index >= 15 is 0 Å². The molecule has 0 saturated carbocycles. The standard InChI is InChI=1S/C19H22F3N3O3/c1-18(2,3)13-6-4-12(5-7-13)15(26)10-23-17(27)14-8-9-16(25-24-14)28-11-19(20,21)22/h4-9,15,26H,10-11H2,1-3H3,(H,23,27)/t15-/m1/s1. The Morgan fingerprint density at radius 1 is 1.11 bits per heavy atom. The molecule has 9 heteroatoms. The van der Waals surface area contributed by atoms with Crippen LogP contribution < -0.4 is 10.1 Å². The minimum absolute atomic E-state index is 0.00760. The Kier molecular flexibility index (Phi) is 6.60. The third kappa shape index (κ3) is 6.49. The first-order valence-corrected chi connectivity index (χ1v) is 8.56. The van der Waals surface area contributed by atoms with Crippen LogP contribution in [0.3, 0.4) is 0 Å². The number of rotatable bonds is 6. The molecule has 2 N–H and O–H groups in total. The first-order chi connectivity index (χ1) is 13.0. The number of halogens is 3. The van der Waals surface area contributed by atoms with Gasteiger partial charge in [-0.25, -0.2) is 0 Å². The minimum Gasteiger partial charge on any atom is -0.467 e. The van der Waals surface area contributed by atoms with Gasteiger partial charge in [0.05, 0.1) is 6.10 Å². The summed E-state index contributed by atoms with van der Waals surface area (Å²) < 4.78 is 40.7. The molecule has 0 unspecified atom stereocenters. The van der Waals surface area contributed by atoms with Crippen LogP contribution in [-0.2, 0) is 5.41 Å². The van der Waals surface area contributed by atoms with Crippen molar-refractivity contribution in [2.75, 3.05) is 13.2 Å². The maximum atomic E-state index is 12.1. The third-order valence-corrected chi connectivity index (χ3v) is 3.87. The molecule has 0 aliphatic heterocycles. The lowest BCUT2D eigenvalue weighted by Gasteiger charge is -2.20. The van der Waals surface area contributed by atoms with Gasteiger partial charge in [-0.05, 0) is 22.6 Å². The molecule has 0 fully saturated rings. The topological polar surface area (TPSA) is 84.3 Å². The molecule has 28 heavy (non-hydrogen) atoms. The van der Waals surface area contributed by atoms with Gasteiger partial charge in [-0.1, -0.05) is 45.0 Å². The number of benzene rings is 1. The summed E-state index contributed by atoms with van der Waals surface area (Å²) in [6.45, 7) is 4.70. The summed E-state index contributed by atoms with van der Waals surface area (Å²) in [5.74, 6) is -0.951. The van der Waals surface area contributed by atoms with E-state index < -0.39 is 24.8 Å². The van der Waals surface area contributed by atoms with Gasteiger partial charge in [0, 0.05) is 12.6 Å². The second kappa shape index (κ2) is 8.55. The van der Waals surface area contributed by atoms with E-state index in [1.54, 1.807) is 12.1 Å². The molecule has 0 aliphatic rings. The number of nitrogens with zero attached hydrogens (tertiary/aromatic N) is 2. The van der Waals surface area contributed by atoms with Crippen LogP contribution in [0, 0.1) is 0 Å². The summed E-state index contributed by atoms with van der Waals surface area (Å²) in [5, 5.41) is 19.7. The van der Waals surface area contributed by atoms with Crippen molar-refractivity contribution in [3.05, 3.63) is 53.2 Å². The Hall–Kier alpha value is -2.68. The number of hydrogen-bond acceptors (Lipinski definition) is 5. The molecule has 1 atom stereocenters. The van der Waals surface area contributed by atoms with E-state index in [0.29, 0.717) is 5.56 Å². The van der Waals surface area contributed by atoms with Gasteiger partial charge in [0.25, 0.3) is 5.91 Å². The molecule has 1 aromatic carbocycles. The molecule has 1 amide bonds. The van der Waals surface area contributed by atoms with Crippen LogP contribution in [-0.4, -0.2) is 40.5 Å². The van der Waals surface area contributed by atoms with E-state index in [2.05, 4.69) is 41.0 Å². The van der Waals surface area contributed by atoms with Crippen molar-refractivity contribution in [3.8, 4) is 5.88 Å². The summed E-state index contributed by atoms with van der Waals surface area (Å²) in [6.07, 6.45) is -5.40. The first kappa shape index (κ1) is 21.6. The molecule has 0 aliphatic carbocycles. The summed E-state index contributed by atoms with van der Waals surface area (Å²) in [4.78, 5) is 12.0. The van der Waals surface area contributed by atoms with Crippen molar-refractivity contribution in [1.29, 1.82) is 0 Å². The highest BCUT2D eigenvalue weighted by Gasteiger charge is 2.28. The van der Waals surface area contributed by atoms with Crippen LogP contribution in [0.15, 0.2) is 36.4 Å². The van der Waals surface area contributed by atoms with Gasteiger partial charge >= 0.3 is 6.18 Å². The molecule has 1 aromatic heterocycles. The van der Waals surface area contributed by atoms with Gasteiger partial charge < -0.3 is 15.2 Å². The second-order valence-corrected chi connectivity index (χ2v) is 7.26. The zero-order valence-electron chi connectivity index (χ0n) is 15.7. The number of aromatic nitrogens is 2. The lowest BCUT2D eigenvalue weighted by atomic mass is 9.86. The highest BCUT2D eigenvalue weighted by Crippen LogP contribution is 2.24. The van der Waals surface area contributed by atoms with E-state index in [4.69, 9.17) is 0 Å². The fourth-order valence-electron chi connectivity index (χ4n) is 2.28. The van der Waals surface area contributed by atoms with Crippen molar-refractivity contribution in [2.45, 2.75) is 38.5 Å². The molecule has 2 aromatic rings. The number of aliphatic hydroxyl groups is 1. The van der Waals surface area contributed by atoms with Crippen LogP contribution in [0.25, 0.3) is 0 Å². The molecular weight excluding hydrogens is 375 g/mol. The van der Waals surface area contributed by atoms with Gasteiger partial charge in [-0.2, -0.15) is 13.2 Å². The van der Waals surface area contributed by atoms with Crippen LogP contribution in [0.1, 0.15) is 48.5 Å². The Labute approximate surface area is 160 Å². The van der Waals surface area contributed by atoms with Crippen LogP contribution in [0.2, 0.25) is 0 Å². The van der Waals surface area contributed by atoms with Crippen molar-refractivity contribution in [2.24, 2.45) is 0 Å². The van der Waals surface area contributed by atoms with E-state index in [0.717, 1.165) is 11.6 Å². The van der Waals surface area contributed by atoms with Gasteiger partial charge in [0.15, 0.2) is 12.3 Å². The molecule has 0 spiro atoms. The second-order valence-electron chi connectivity index (χ2n) is 7.26. The molecular formula is C19H22F3N3O3. The Morgan fingerprint density at radius 3 is 2.25 bits per heavy atom. The summed E-state index contributed by atoms with van der Waals surface area (Å²) in [5.41, 5.74) is 1.66. The van der Waals surface area contributed by atoms with Gasteiger partial charge in [0.2, 0.25) is 5.88 Å². The van der Waals surface area contributed by atoms with Crippen molar-refractivity contribution in [3.63, 3.8) is 0 Å². The van der Waals surface area contributed by atoms with Crippen molar-refractivity contribution < 1.29 is 27.8 Å². The van der Waals surface area contributed by atoms with E-state index in [1.807, 2.05) is 12.1 Å². The number of nitrogens with one attached hydrogen (secondary N) is 1. The highest BCUT2D eigenvalue weighted by molar-refractivity contribution is 5.92. The highest BCUT2D eigenvalue weighted by atomic mass is 19.4. The molecule has 2 rings (SSSR count). The van der Waals surface area contributed by atoms with E-state index in [-0.39, 0.29) is 23.5 Å². The number of aliphatic hydroxyl groups excluding tert-OH is 1. The van der Waals surface area contributed by atoms with Gasteiger partial charge in [0.1, 0.15) is 0 Å². The fraction of sp³-hybridized carbons (Fsp3) is 0.421. The third-order valence-electron chi connectivity index (χ3n) is 3.87. The first-order valence-electron chi connectivity index (χ1n) is 8.56. The van der Waals surface area contributed by atoms with Crippen LogP contribution in [0.5, 0.6) is 5.88 Å². The monoisotopic (exact) mass is 397 g/mol. The maximum absolute atomic E-state index is 12.1. The van der Waals surface area contributed by atoms with Crippen molar-refractivity contribution >= 4 is 5.91 Å². The van der Waals surface area contributed by atoms with E-state index in [1.165, 1.54) is 6.07 Å². The lowest BCUT2D eigenvalue weighted by Crippen LogP contribution is -2.29. The average molecular weight is 397 g/mol. The SMILES string of the molecule is CC(C)(C)c1ccc([C@H](O)CNC(=O)c2ccc(OCC(F)(F)F)nn2)cc1. The number of alkyl halides is 3.